The predicted molar refractivity (Wildman–Crippen MR) is 56.6 cm³/mol. The van der Waals surface area contributed by atoms with Crippen molar-refractivity contribution in [3.8, 4) is 11.5 Å². The molecule has 84 valence electrons. The Labute approximate surface area is 88.4 Å². The Morgan fingerprint density at radius 1 is 1.40 bits per heavy atom. The molecule has 0 aliphatic carbocycles. The number of phenols is 2. The number of phenolic OH excluding ortho intramolecular Hbond substituents is 2. The van der Waals surface area contributed by atoms with Crippen LogP contribution in [0, 0.1) is 12.7 Å². The molecule has 0 saturated heterocycles. The van der Waals surface area contributed by atoms with Crippen LogP contribution in [-0.2, 0) is 0 Å². The second-order valence-corrected chi connectivity index (χ2v) is 3.77. The first kappa shape index (κ1) is 11.8. The van der Waals surface area contributed by atoms with Gasteiger partial charge in [-0.15, -0.1) is 0 Å². The SMILES string of the molecule is Cc1cc(C(C)CCN)c(O)c(F)c1O. The molecule has 0 saturated carbocycles. The molecule has 1 aromatic rings. The van der Waals surface area contributed by atoms with Crippen molar-refractivity contribution in [3.63, 3.8) is 0 Å². The molecule has 3 nitrogen and oxygen atoms in total. The van der Waals surface area contributed by atoms with E-state index in [0.29, 0.717) is 24.1 Å². The molecule has 1 atom stereocenters. The van der Waals surface area contributed by atoms with E-state index in [0.717, 1.165) is 0 Å². The molecule has 0 amide bonds. The van der Waals surface area contributed by atoms with Gasteiger partial charge in [-0.3, -0.25) is 0 Å². The first-order valence-corrected chi connectivity index (χ1v) is 4.90. The van der Waals surface area contributed by atoms with Crippen molar-refractivity contribution in [2.45, 2.75) is 26.2 Å². The molecule has 0 aliphatic heterocycles. The quantitative estimate of drug-likeness (QED) is 0.719. The third-order valence-corrected chi connectivity index (χ3v) is 2.57. The van der Waals surface area contributed by atoms with Crippen LogP contribution in [0.3, 0.4) is 0 Å². The molecule has 4 heteroatoms. The van der Waals surface area contributed by atoms with Gasteiger partial charge in [0.1, 0.15) is 0 Å². The van der Waals surface area contributed by atoms with Crippen molar-refractivity contribution >= 4 is 0 Å². The number of rotatable bonds is 3. The summed E-state index contributed by atoms with van der Waals surface area (Å²) in [6.45, 7) is 3.93. The Bertz CT molecular complexity index is 366. The molecule has 1 aromatic carbocycles. The number of hydrogen-bond donors (Lipinski definition) is 3. The van der Waals surface area contributed by atoms with Crippen LogP contribution in [0.15, 0.2) is 6.07 Å². The summed E-state index contributed by atoms with van der Waals surface area (Å²) in [7, 11) is 0. The first-order valence-electron chi connectivity index (χ1n) is 4.90. The lowest BCUT2D eigenvalue weighted by atomic mass is 9.94. The van der Waals surface area contributed by atoms with E-state index < -0.39 is 17.3 Å². The maximum Gasteiger partial charge on any atom is 0.206 e. The van der Waals surface area contributed by atoms with Gasteiger partial charge in [0.25, 0.3) is 0 Å². The first-order chi connectivity index (χ1) is 6.99. The highest BCUT2D eigenvalue weighted by atomic mass is 19.1. The zero-order chi connectivity index (χ0) is 11.6. The number of halogens is 1. The van der Waals surface area contributed by atoms with E-state index >= 15 is 0 Å². The number of aromatic hydroxyl groups is 2. The smallest absolute Gasteiger partial charge is 0.206 e. The lowest BCUT2D eigenvalue weighted by Crippen LogP contribution is -2.05. The van der Waals surface area contributed by atoms with Gasteiger partial charge in [-0.05, 0) is 37.4 Å². The monoisotopic (exact) mass is 213 g/mol. The highest BCUT2D eigenvalue weighted by Crippen LogP contribution is 2.36. The summed E-state index contributed by atoms with van der Waals surface area (Å²) in [6, 6.07) is 1.59. The minimum atomic E-state index is -0.950. The van der Waals surface area contributed by atoms with Gasteiger partial charge < -0.3 is 15.9 Å². The van der Waals surface area contributed by atoms with Gasteiger partial charge in [-0.25, -0.2) is 0 Å². The highest BCUT2D eigenvalue weighted by Gasteiger charge is 2.18. The maximum atomic E-state index is 13.3. The number of nitrogens with two attached hydrogens (primary N) is 1. The fourth-order valence-corrected chi connectivity index (χ4v) is 1.56. The molecule has 0 radical (unpaired) electrons. The Hall–Kier alpha value is -1.29. The average Bonchev–Trinajstić information content (AvgIpc) is 2.20. The van der Waals surface area contributed by atoms with Crippen LogP contribution >= 0.6 is 0 Å². The summed E-state index contributed by atoms with van der Waals surface area (Å²) in [5, 5.41) is 18.8. The van der Waals surface area contributed by atoms with Gasteiger partial charge in [-0.2, -0.15) is 4.39 Å². The molecule has 0 fully saturated rings. The van der Waals surface area contributed by atoms with Gasteiger partial charge in [0.05, 0.1) is 0 Å². The Morgan fingerprint density at radius 2 is 2.00 bits per heavy atom. The summed E-state index contributed by atoms with van der Waals surface area (Å²) in [5.41, 5.74) is 6.31. The van der Waals surface area contributed by atoms with Gasteiger partial charge in [0, 0.05) is 5.56 Å². The fraction of sp³-hybridized carbons (Fsp3) is 0.455. The van der Waals surface area contributed by atoms with E-state index in [4.69, 9.17) is 5.73 Å². The number of benzene rings is 1. The summed E-state index contributed by atoms with van der Waals surface area (Å²) in [5.74, 6) is -1.94. The normalized spacial score (nSPS) is 12.8. The van der Waals surface area contributed by atoms with Gasteiger partial charge in [-0.1, -0.05) is 6.92 Å². The molecule has 15 heavy (non-hydrogen) atoms. The summed E-state index contributed by atoms with van der Waals surface area (Å²) < 4.78 is 13.3. The van der Waals surface area contributed by atoms with Crippen molar-refractivity contribution in [2.75, 3.05) is 6.54 Å². The van der Waals surface area contributed by atoms with Crippen LogP contribution in [0.2, 0.25) is 0 Å². The van der Waals surface area contributed by atoms with Gasteiger partial charge >= 0.3 is 0 Å². The third-order valence-electron chi connectivity index (χ3n) is 2.57. The maximum absolute atomic E-state index is 13.3. The van der Waals surface area contributed by atoms with Crippen LogP contribution in [0.1, 0.15) is 30.4 Å². The van der Waals surface area contributed by atoms with Crippen LogP contribution < -0.4 is 5.73 Å². The molecule has 0 heterocycles. The van der Waals surface area contributed by atoms with Crippen LogP contribution in [0.5, 0.6) is 11.5 Å². The van der Waals surface area contributed by atoms with Gasteiger partial charge in [0.2, 0.25) is 5.82 Å². The summed E-state index contributed by atoms with van der Waals surface area (Å²) >= 11 is 0. The molecule has 0 spiro atoms. The van der Waals surface area contributed by atoms with E-state index in [-0.39, 0.29) is 5.92 Å². The van der Waals surface area contributed by atoms with E-state index in [2.05, 4.69) is 0 Å². The van der Waals surface area contributed by atoms with Crippen molar-refractivity contribution in [3.05, 3.63) is 23.0 Å². The fourth-order valence-electron chi connectivity index (χ4n) is 1.56. The average molecular weight is 213 g/mol. The lowest BCUT2D eigenvalue weighted by molar-refractivity contribution is 0.380. The lowest BCUT2D eigenvalue weighted by Gasteiger charge is -2.14. The van der Waals surface area contributed by atoms with E-state index in [1.807, 2.05) is 6.92 Å². The van der Waals surface area contributed by atoms with E-state index in [1.54, 1.807) is 13.0 Å². The third kappa shape index (κ3) is 2.21. The minimum Gasteiger partial charge on any atom is -0.505 e. The van der Waals surface area contributed by atoms with Crippen LogP contribution in [0.4, 0.5) is 4.39 Å². The van der Waals surface area contributed by atoms with Crippen molar-refractivity contribution in [1.29, 1.82) is 0 Å². The Balaban J connectivity index is 3.19. The second-order valence-electron chi connectivity index (χ2n) is 3.77. The highest BCUT2D eigenvalue weighted by molar-refractivity contribution is 5.47. The zero-order valence-electron chi connectivity index (χ0n) is 8.92. The molecular formula is C11H16FNO2. The Morgan fingerprint density at radius 3 is 2.53 bits per heavy atom. The molecule has 0 aliphatic rings. The van der Waals surface area contributed by atoms with Crippen LogP contribution in [0.25, 0.3) is 0 Å². The summed E-state index contributed by atoms with van der Waals surface area (Å²) in [6.07, 6.45) is 0.664. The van der Waals surface area contributed by atoms with E-state index in [1.165, 1.54) is 0 Å². The van der Waals surface area contributed by atoms with Crippen LogP contribution in [-0.4, -0.2) is 16.8 Å². The molecular weight excluding hydrogens is 197 g/mol. The number of hydrogen-bond acceptors (Lipinski definition) is 3. The largest absolute Gasteiger partial charge is 0.505 e. The van der Waals surface area contributed by atoms with Crippen molar-refractivity contribution < 1.29 is 14.6 Å². The predicted octanol–water partition coefficient (Wildman–Crippen LogP) is 2.00. The van der Waals surface area contributed by atoms with Crippen molar-refractivity contribution in [1.82, 2.24) is 0 Å². The molecule has 4 N–H and O–H groups in total. The molecule has 1 unspecified atom stereocenters. The summed E-state index contributed by atoms with van der Waals surface area (Å²) in [4.78, 5) is 0. The Kier molecular flexibility index (Phi) is 3.52. The zero-order valence-corrected chi connectivity index (χ0v) is 8.92. The molecule has 0 aromatic heterocycles. The standard InChI is InChI=1S/C11H16FNO2/c1-6(3-4-13)8-5-7(2)10(14)9(12)11(8)15/h5-6,14-15H,3-4,13H2,1-2H3. The topological polar surface area (TPSA) is 66.5 Å². The molecule has 0 bridgehead atoms. The van der Waals surface area contributed by atoms with E-state index in [9.17, 15) is 14.6 Å². The molecule has 1 rings (SSSR count). The van der Waals surface area contributed by atoms with Gasteiger partial charge in [0.15, 0.2) is 11.5 Å². The second kappa shape index (κ2) is 4.49. The van der Waals surface area contributed by atoms with Crippen molar-refractivity contribution in [2.24, 2.45) is 5.73 Å². The minimum absolute atomic E-state index is 0.0243. The number of aryl methyl sites for hydroxylation is 1.